The molecule has 0 fully saturated rings. The van der Waals surface area contributed by atoms with Crippen molar-refractivity contribution in [1.82, 2.24) is 4.98 Å². The van der Waals surface area contributed by atoms with Crippen molar-refractivity contribution in [3.63, 3.8) is 0 Å². The van der Waals surface area contributed by atoms with Gasteiger partial charge in [0.2, 0.25) is 10.0 Å². The Morgan fingerprint density at radius 1 is 1.55 bits per heavy atom. The van der Waals surface area contributed by atoms with E-state index in [0.29, 0.717) is 9.51 Å². The number of aliphatic imine (C=N–C) groups is 1. The molecule has 0 amide bonds. The van der Waals surface area contributed by atoms with E-state index in [-0.39, 0.29) is 18.0 Å². The van der Waals surface area contributed by atoms with Gasteiger partial charge in [0.05, 0.1) is 18.7 Å². The van der Waals surface area contributed by atoms with Gasteiger partial charge in [0.25, 0.3) is 0 Å². The first-order chi connectivity index (χ1) is 9.30. The number of nitrogens with zero attached hydrogens (tertiary/aromatic N) is 2. The molecule has 0 spiro atoms. The van der Waals surface area contributed by atoms with Gasteiger partial charge in [-0.2, -0.15) is 0 Å². The largest absolute Gasteiger partial charge is 0.495 e. The third-order valence-electron chi connectivity index (χ3n) is 2.86. The van der Waals surface area contributed by atoms with Crippen molar-refractivity contribution in [2.75, 3.05) is 13.7 Å². The first-order valence-electron chi connectivity index (χ1n) is 5.41. The van der Waals surface area contributed by atoms with E-state index >= 15 is 0 Å². The number of aromatic nitrogens is 1. The van der Waals surface area contributed by atoms with Crippen LogP contribution < -0.4 is 9.88 Å². The second kappa shape index (κ2) is 5.44. The van der Waals surface area contributed by atoms with Gasteiger partial charge < -0.3 is 4.74 Å². The van der Waals surface area contributed by atoms with Crippen LogP contribution >= 0.6 is 27.5 Å². The predicted octanol–water partition coefficient (Wildman–Crippen LogP) is 1.59. The summed E-state index contributed by atoms with van der Waals surface area (Å²) in [5.74, 6) is 0.236. The molecule has 1 aliphatic rings. The minimum Gasteiger partial charge on any atom is -0.495 e. The highest BCUT2D eigenvalue weighted by molar-refractivity contribution is 9.12. The summed E-state index contributed by atoms with van der Waals surface area (Å²) in [7, 11) is -2.62. The SMILES string of the molecule is COc1cc(Cl)cnc1C1(S(N)(=O)=O)C=C(Br)C=NC1. The summed E-state index contributed by atoms with van der Waals surface area (Å²) in [6, 6.07) is 1.48. The molecule has 0 saturated carbocycles. The Kier molecular flexibility index (Phi) is 4.19. The number of hydrogen-bond donors (Lipinski definition) is 1. The zero-order valence-corrected chi connectivity index (χ0v) is 13.5. The third kappa shape index (κ3) is 2.60. The molecule has 2 N–H and O–H groups in total. The number of rotatable bonds is 3. The number of pyridine rings is 1. The van der Waals surface area contributed by atoms with E-state index < -0.39 is 14.8 Å². The maximum atomic E-state index is 12.1. The number of nitrogens with two attached hydrogens (primary N) is 1. The summed E-state index contributed by atoms with van der Waals surface area (Å²) in [5, 5.41) is 5.74. The maximum absolute atomic E-state index is 12.1. The molecule has 1 aliphatic heterocycles. The highest BCUT2D eigenvalue weighted by Gasteiger charge is 2.46. The molecule has 1 aromatic heterocycles. The Balaban J connectivity index is 2.76. The first kappa shape index (κ1) is 15.4. The van der Waals surface area contributed by atoms with Crippen LogP contribution in [-0.4, -0.2) is 33.3 Å². The third-order valence-corrected chi connectivity index (χ3v) is 4.96. The van der Waals surface area contributed by atoms with Gasteiger partial charge in [-0.1, -0.05) is 11.6 Å². The lowest BCUT2D eigenvalue weighted by atomic mass is 10.0. The van der Waals surface area contributed by atoms with Crippen LogP contribution in [0.5, 0.6) is 5.75 Å². The predicted molar refractivity (Wildman–Crippen MR) is 81.0 cm³/mol. The van der Waals surface area contributed by atoms with Gasteiger partial charge >= 0.3 is 0 Å². The van der Waals surface area contributed by atoms with E-state index in [1.807, 2.05) is 0 Å². The molecule has 2 heterocycles. The summed E-state index contributed by atoms with van der Waals surface area (Å²) in [6.45, 7) is -0.0775. The van der Waals surface area contributed by atoms with Crippen molar-refractivity contribution < 1.29 is 13.2 Å². The van der Waals surface area contributed by atoms with Gasteiger partial charge in [0.1, 0.15) is 11.4 Å². The lowest BCUT2D eigenvalue weighted by Crippen LogP contribution is -2.44. The van der Waals surface area contributed by atoms with Crippen LogP contribution in [0, 0.1) is 0 Å². The van der Waals surface area contributed by atoms with E-state index in [1.165, 1.54) is 31.7 Å². The molecular formula is C11H11BrClN3O3S. The summed E-state index contributed by atoms with van der Waals surface area (Å²) >= 11 is 9.06. The van der Waals surface area contributed by atoms with Crippen LogP contribution in [0.3, 0.4) is 0 Å². The second-order valence-corrected chi connectivity index (χ2v) is 7.31. The molecule has 0 radical (unpaired) electrons. The first-order valence-corrected chi connectivity index (χ1v) is 8.12. The molecule has 2 rings (SSSR count). The Morgan fingerprint density at radius 3 is 2.80 bits per heavy atom. The normalized spacial score (nSPS) is 22.5. The molecule has 1 atom stereocenters. The Bertz CT molecular complexity index is 705. The lowest BCUT2D eigenvalue weighted by molar-refractivity contribution is 0.401. The summed E-state index contributed by atoms with van der Waals surface area (Å²) in [6.07, 6.45) is 4.30. The van der Waals surface area contributed by atoms with Crippen LogP contribution in [0.2, 0.25) is 5.02 Å². The van der Waals surface area contributed by atoms with Gasteiger partial charge in [-0.05, 0) is 22.0 Å². The number of primary sulfonamides is 1. The van der Waals surface area contributed by atoms with Crippen LogP contribution in [0.15, 0.2) is 27.8 Å². The van der Waals surface area contributed by atoms with Crippen molar-refractivity contribution in [3.05, 3.63) is 33.5 Å². The zero-order valence-electron chi connectivity index (χ0n) is 10.4. The zero-order chi connectivity index (χ0) is 15.0. The average Bonchev–Trinajstić information content (AvgIpc) is 2.37. The fourth-order valence-corrected chi connectivity index (χ4v) is 3.72. The Morgan fingerprint density at radius 2 is 2.25 bits per heavy atom. The van der Waals surface area contributed by atoms with E-state index in [4.69, 9.17) is 21.5 Å². The molecule has 0 bridgehead atoms. The quantitative estimate of drug-likeness (QED) is 0.861. The molecule has 1 aromatic rings. The Labute approximate surface area is 129 Å². The minimum atomic E-state index is -4.02. The smallest absolute Gasteiger partial charge is 0.226 e. The van der Waals surface area contributed by atoms with E-state index in [9.17, 15) is 8.42 Å². The van der Waals surface area contributed by atoms with Gasteiger partial charge in [-0.15, -0.1) is 0 Å². The number of methoxy groups -OCH3 is 1. The van der Waals surface area contributed by atoms with Gasteiger partial charge in [-0.25, -0.2) is 13.6 Å². The van der Waals surface area contributed by atoms with Crippen LogP contribution in [0.4, 0.5) is 0 Å². The summed E-state index contributed by atoms with van der Waals surface area (Å²) < 4.78 is 28.3. The lowest BCUT2D eigenvalue weighted by Gasteiger charge is -2.29. The maximum Gasteiger partial charge on any atom is 0.226 e. The van der Waals surface area contributed by atoms with E-state index in [0.717, 1.165) is 0 Å². The van der Waals surface area contributed by atoms with Crippen molar-refractivity contribution in [1.29, 1.82) is 0 Å². The van der Waals surface area contributed by atoms with Gasteiger partial charge in [0, 0.05) is 23.0 Å². The second-order valence-electron chi connectivity index (χ2n) is 4.14. The van der Waals surface area contributed by atoms with Gasteiger partial charge in [0.15, 0.2) is 4.75 Å². The van der Waals surface area contributed by atoms with E-state index in [2.05, 4.69) is 25.9 Å². The van der Waals surface area contributed by atoms with Crippen LogP contribution in [-0.2, 0) is 14.8 Å². The van der Waals surface area contributed by atoms with Crippen LogP contribution in [0.1, 0.15) is 5.69 Å². The number of dihydropyridines is 1. The van der Waals surface area contributed by atoms with Crippen molar-refractivity contribution in [2.45, 2.75) is 4.75 Å². The number of halogens is 2. The number of allylic oxidation sites excluding steroid dienone is 1. The monoisotopic (exact) mass is 379 g/mol. The highest BCUT2D eigenvalue weighted by atomic mass is 79.9. The molecule has 9 heteroatoms. The number of sulfonamides is 1. The standard InChI is InChI=1S/C11H11BrClN3O3S/c1-19-9-2-8(13)5-16-10(9)11(20(14,17)18)3-7(12)4-15-6-11/h2-5H,6H2,1H3,(H2,14,17,18). The molecule has 20 heavy (non-hydrogen) atoms. The molecule has 0 aliphatic carbocycles. The van der Waals surface area contributed by atoms with Crippen molar-refractivity contribution in [2.24, 2.45) is 10.1 Å². The van der Waals surface area contributed by atoms with Crippen LogP contribution in [0.25, 0.3) is 0 Å². The average molecular weight is 381 g/mol. The summed E-state index contributed by atoms with van der Waals surface area (Å²) in [4.78, 5) is 8.11. The molecule has 108 valence electrons. The molecule has 0 saturated heterocycles. The number of ether oxygens (including phenoxy) is 1. The fraction of sp³-hybridized carbons (Fsp3) is 0.273. The van der Waals surface area contributed by atoms with Crippen molar-refractivity contribution in [3.8, 4) is 5.75 Å². The van der Waals surface area contributed by atoms with Crippen molar-refractivity contribution >= 4 is 43.8 Å². The molecule has 0 aromatic carbocycles. The highest BCUT2D eigenvalue weighted by Crippen LogP contribution is 2.39. The number of hydrogen-bond acceptors (Lipinski definition) is 5. The summed E-state index contributed by atoms with van der Waals surface area (Å²) in [5.41, 5.74) is 0.153. The molecule has 6 nitrogen and oxygen atoms in total. The molecule has 1 unspecified atom stereocenters. The van der Waals surface area contributed by atoms with Gasteiger partial charge in [-0.3, -0.25) is 9.98 Å². The Hall–Kier alpha value is -0.960. The minimum absolute atomic E-state index is 0.0775. The molecular weight excluding hydrogens is 370 g/mol. The van der Waals surface area contributed by atoms with E-state index in [1.54, 1.807) is 0 Å². The topological polar surface area (TPSA) is 94.6 Å². The fourth-order valence-electron chi connectivity index (χ4n) is 1.92.